The van der Waals surface area contributed by atoms with Gasteiger partial charge in [-0.2, -0.15) is 0 Å². The molecule has 2 aromatic rings. The Labute approximate surface area is 175 Å². The molecule has 1 fully saturated rings. The van der Waals surface area contributed by atoms with Crippen LogP contribution in [0.5, 0.6) is 5.75 Å². The summed E-state index contributed by atoms with van der Waals surface area (Å²) >= 11 is 0. The van der Waals surface area contributed by atoms with Gasteiger partial charge in [0.25, 0.3) is 21.6 Å². The summed E-state index contributed by atoms with van der Waals surface area (Å²) in [6, 6.07) is 11.4. The molecule has 0 atom stereocenters. The molecule has 160 valence electrons. The molecule has 0 saturated carbocycles. The van der Waals surface area contributed by atoms with Gasteiger partial charge in [0.15, 0.2) is 11.5 Å². The van der Waals surface area contributed by atoms with Crippen LogP contribution in [0.25, 0.3) is 0 Å². The average molecular weight is 433 g/mol. The maximum atomic E-state index is 12.9. The molecule has 0 unspecified atom stereocenters. The fourth-order valence-electron chi connectivity index (χ4n) is 3.24. The van der Waals surface area contributed by atoms with Gasteiger partial charge < -0.3 is 9.64 Å². The Morgan fingerprint density at radius 3 is 2.37 bits per heavy atom. The SMILES string of the molecule is CN(c1ccc(OCC(=O)N2CCCCC2)cc1)S(=O)(=O)c1ccccc1[N+](=O)[O-]. The minimum Gasteiger partial charge on any atom is -0.484 e. The van der Waals surface area contributed by atoms with E-state index in [4.69, 9.17) is 4.74 Å². The first-order chi connectivity index (χ1) is 14.3. The van der Waals surface area contributed by atoms with Crippen LogP contribution in [0.2, 0.25) is 0 Å². The van der Waals surface area contributed by atoms with Crippen LogP contribution in [0.15, 0.2) is 53.4 Å². The largest absolute Gasteiger partial charge is 0.484 e. The normalized spacial score (nSPS) is 14.2. The number of carbonyl (C=O) groups is 1. The number of likely N-dealkylation sites (tertiary alicyclic amines) is 1. The molecule has 0 aromatic heterocycles. The smallest absolute Gasteiger partial charge is 0.289 e. The van der Waals surface area contributed by atoms with Crippen LogP contribution in [0.3, 0.4) is 0 Å². The number of hydrogen-bond donors (Lipinski definition) is 0. The first kappa shape index (κ1) is 21.6. The Kier molecular flexibility index (Phi) is 6.56. The molecule has 9 nitrogen and oxygen atoms in total. The monoisotopic (exact) mass is 433 g/mol. The number of amides is 1. The molecular weight excluding hydrogens is 410 g/mol. The summed E-state index contributed by atoms with van der Waals surface area (Å²) < 4.78 is 32.2. The van der Waals surface area contributed by atoms with E-state index in [0.29, 0.717) is 11.4 Å². The molecule has 3 rings (SSSR count). The summed E-state index contributed by atoms with van der Waals surface area (Å²) in [4.78, 5) is 24.0. The summed E-state index contributed by atoms with van der Waals surface area (Å²) in [5.41, 5.74) is -0.177. The van der Waals surface area contributed by atoms with Crippen LogP contribution in [0, 0.1) is 10.1 Å². The van der Waals surface area contributed by atoms with Gasteiger partial charge in [-0.1, -0.05) is 12.1 Å². The minimum atomic E-state index is -4.13. The molecule has 1 aliphatic rings. The van der Waals surface area contributed by atoms with Gasteiger partial charge >= 0.3 is 0 Å². The molecule has 30 heavy (non-hydrogen) atoms. The number of hydrogen-bond acceptors (Lipinski definition) is 6. The number of sulfonamides is 1. The molecule has 0 N–H and O–H groups in total. The number of benzene rings is 2. The van der Waals surface area contributed by atoms with E-state index < -0.39 is 20.6 Å². The Balaban J connectivity index is 1.69. The van der Waals surface area contributed by atoms with E-state index >= 15 is 0 Å². The van der Waals surface area contributed by atoms with Crippen molar-refractivity contribution in [3.63, 3.8) is 0 Å². The lowest BCUT2D eigenvalue weighted by atomic mass is 10.1. The Morgan fingerprint density at radius 1 is 1.10 bits per heavy atom. The first-order valence-corrected chi connectivity index (χ1v) is 11.0. The molecule has 10 heteroatoms. The van der Waals surface area contributed by atoms with Crippen molar-refractivity contribution in [3.8, 4) is 5.75 Å². The van der Waals surface area contributed by atoms with E-state index in [1.807, 2.05) is 0 Å². The molecule has 0 aliphatic carbocycles. The third kappa shape index (κ3) is 4.70. The second-order valence-corrected chi connectivity index (χ2v) is 8.86. The predicted octanol–water partition coefficient (Wildman–Crippen LogP) is 2.81. The molecular formula is C20H23N3O6S. The number of rotatable bonds is 7. The lowest BCUT2D eigenvalue weighted by Gasteiger charge is -2.26. The number of nitrogens with zero attached hydrogens (tertiary/aromatic N) is 3. The Hall–Kier alpha value is -3.14. The van der Waals surface area contributed by atoms with Crippen molar-refractivity contribution in [1.82, 2.24) is 4.90 Å². The highest BCUT2D eigenvalue weighted by molar-refractivity contribution is 7.93. The van der Waals surface area contributed by atoms with Crippen molar-refractivity contribution in [2.75, 3.05) is 31.0 Å². The molecule has 1 saturated heterocycles. The third-order valence-corrected chi connectivity index (χ3v) is 6.80. The topological polar surface area (TPSA) is 110 Å². The Morgan fingerprint density at radius 2 is 1.73 bits per heavy atom. The quantitative estimate of drug-likeness (QED) is 0.490. The highest BCUT2D eigenvalue weighted by Crippen LogP contribution is 2.29. The second kappa shape index (κ2) is 9.12. The average Bonchev–Trinajstić information content (AvgIpc) is 2.77. The van der Waals surface area contributed by atoms with Gasteiger partial charge in [0.1, 0.15) is 5.75 Å². The van der Waals surface area contributed by atoms with E-state index in [1.165, 1.54) is 37.4 Å². The van der Waals surface area contributed by atoms with Crippen LogP contribution in [0.4, 0.5) is 11.4 Å². The van der Waals surface area contributed by atoms with Gasteiger partial charge in [-0.05, 0) is 49.6 Å². The number of ether oxygens (including phenoxy) is 1. The zero-order valence-electron chi connectivity index (χ0n) is 16.6. The van der Waals surface area contributed by atoms with Gasteiger partial charge in [-0.25, -0.2) is 8.42 Å². The van der Waals surface area contributed by atoms with Gasteiger partial charge in [-0.3, -0.25) is 19.2 Å². The third-order valence-electron chi connectivity index (χ3n) is 4.97. The molecule has 1 aliphatic heterocycles. The number of anilines is 1. The van der Waals surface area contributed by atoms with Crippen molar-refractivity contribution in [3.05, 3.63) is 58.6 Å². The summed E-state index contributed by atoms with van der Waals surface area (Å²) in [6.45, 7) is 1.41. The van der Waals surface area contributed by atoms with Crippen LogP contribution in [-0.2, 0) is 14.8 Å². The zero-order chi connectivity index (χ0) is 21.7. The zero-order valence-corrected chi connectivity index (χ0v) is 17.4. The van der Waals surface area contributed by atoms with Gasteiger partial charge in [0.05, 0.1) is 10.6 Å². The molecule has 0 spiro atoms. The summed E-state index contributed by atoms with van der Waals surface area (Å²) in [5, 5.41) is 11.2. The number of nitro benzene ring substituents is 1. The second-order valence-electron chi connectivity index (χ2n) is 6.92. The number of piperidine rings is 1. The van der Waals surface area contributed by atoms with Gasteiger partial charge in [0.2, 0.25) is 0 Å². The number of para-hydroxylation sites is 1. The number of carbonyl (C=O) groups excluding carboxylic acids is 1. The lowest BCUT2D eigenvalue weighted by Crippen LogP contribution is -2.38. The van der Waals surface area contributed by atoms with Crippen LogP contribution in [-0.4, -0.2) is 50.9 Å². The van der Waals surface area contributed by atoms with Crippen molar-refractivity contribution < 1.29 is 22.9 Å². The van der Waals surface area contributed by atoms with E-state index in [2.05, 4.69) is 0 Å². The van der Waals surface area contributed by atoms with Crippen LogP contribution < -0.4 is 9.04 Å². The fourth-order valence-corrected chi connectivity index (χ4v) is 4.60. The highest BCUT2D eigenvalue weighted by Gasteiger charge is 2.29. The van der Waals surface area contributed by atoms with Gasteiger partial charge in [0, 0.05) is 26.2 Å². The Bertz CT molecular complexity index is 1020. The predicted molar refractivity (Wildman–Crippen MR) is 111 cm³/mol. The summed E-state index contributed by atoms with van der Waals surface area (Å²) in [7, 11) is -2.81. The van der Waals surface area contributed by atoms with Gasteiger partial charge in [-0.15, -0.1) is 0 Å². The maximum absolute atomic E-state index is 12.9. The summed E-state index contributed by atoms with van der Waals surface area (Å²) in [6.07, 6.45) is 3.14. The van der Waals surface area contributed by atoms with Crippen LogP contribution >= 0.6 is 0 Å². The van der Waals surface area contributed by atoms with Crippen molar-refractivity contribution in [1.29, 1.82) is 0 Å². The van der Waals surface area contributed by atoms with E-state index in [0.717, 1.165) is 42.7 Å². The van der Waals surface area contributed by atoms with Crippen molar-refractivity contribution >= 4 is 27.3 Å². The van der Waals surface area contributed by atoms with E-state index in [1.54, 1.807) is 17.0 Å². The van der Waals surface area contributed by atoms with Crippen molar-refractivity contribution in [2.45, 2.75) is 24.2 Å². The summed E-state index contributed by atoms with van der Waals surface area (Å²) in [5.74, 6) is 0.357. The molecule has 1 heterocycles. The van der Waals surface area contributed by atoms with E-state index in [9.17, 15) is 23.3 Å². The fraction of sp³-hybridized carbons (Fsp3) is 0.350. The first-order valence-electron chi connectivity index (χ1n) is 9.53. The molecule has 1 amide bonds. The lowest BCUT2D eigenvalue weighted by molar-refractivity contribution is -0.387. The van der Waals surface area contributed by atoms with Crippen LogP contribution in [0.1, 0.15) is 19.3 Å². The van der Waals surface area contributed by atoms with Crippen molar-refractivity contribution in [2.24, 2.45) is 0 Å². The maximum Gasteiger partial charge on any atom is 0.289 e. The number of nitro groups is 1. The molecule has 0 radical (unpaired) electrons. The van der Waals surface area contributed by atoms with E-state index in [-0.39, 0.29) is 17.4 Å². The highest BCUT2D eigenvalue weighted by atomic mass is 32.2. The molecule has 2 aromatic carbocycles. The molecule has 0 bridgehead atoms. The minimum absolute atomic E-state index is 0.0742. The standard InChI is InChI=1S/C20H23N3O6S/c1-21(30(27,28)19-8-4-3-7-18(19)23(25)26)16-9-11-17(12-10-16)29-15-20(24)22-13-5-2-6-14-22/h3-4,7-12H,2,5-6,13-15H2,1H3.